The van der Waals surface area contributed by atoms with Gasteiger partial charge in [-0.3, -0.25) is 0 Å². The highest BCUT2D eigenvalue weighted by Gasteiger charge is 2.17. The van der Waals surface area contributed by atoms with Crippen LogP contribution in [0.3, 0.4) is 0 Å². The number of ether oxygens (including phenoxy) is 2. The molecule has 0 aliphatic carbocycles. The van der Waals surface area contributed by atoms with Crippen molar-refractivity contribution in [3.05, 3.63) is 18.3 Å². The van der Waals surface area contributed by atoms with Gasteiger partial charge in [0.05, 0.1) is 0 Å². The first kappa shape index (κ1) is 15.2. The van der Waals surface area contributed by atoms with Gasteiger partial charge in [-0.15, -0.1) is 0 Å². The molecule has 19 heavy (non-hydrogen) atoms. The fourth-order valence-electron chi connectivity index (χ4n) is 1.23. The molecule has 0 fully saturated rings. The second-order valence-electron chi connectivity index (χ2n) is 4.71. The number of aromatic nitrogens is 1. The van der Waals surface area contributed by atoms with Gasteiger partial charge >= 0.3 is 5.97 Å². The third-order valence-corrected chi connectivity index (χ3v) is 1.88. The van der Waals surface area contributed by atoms with Crippen LogP contribution in [0.4, 0.5) is 5.82 Å². The van der Waals surface area contributed by atoms with E-state index in [2.05, 4.69) is 10.3 Å². The number of thiocarbonyl (C=S) groups is 1. The predicted octanol–water partition coefficient (Wildman–Crippen LogP) is 1.46. The lowest BCUT2D eigenvalue weighted by atomic mass is 10.2. The van der Waals surface area contributed by atoms with Crippen molar-refractivity contribution in [2.24, 2.45) is 5.73 Å². The second-order valence-corrected chi connectivity index (χ2v) is 5.15. The number of carbonyl (C=O) groups excluding carboxylic acids is 1. The first-order valence-corrected chi connectivity index (χ1v) is 6.05. The Labute approximate surface area is 117 Å². The minimum absolute atomic E-state index is 0.0702. The highest BCUT2D eigenvalue weighted by atomic mass is 32.1. The normalized spacial score (nSPS) is 10.7. The van der Waals surface area contributed by atoms with Crippen LogP contribution in [0.5, 0.6) is 5.75 Å². The topological polar surface area (TPSA) is 86.5 Å². The predicted molar refractivity (Wildman–Crippen MR) is 76.0 cm³/mol. The second kappa shape index (κ2) is 6.33. The van der Waals surface area contributed by atoms with Crippen LogP contribution < -0.4 is 15.8 Å². The van der Waals surface area contributed by atoms with Crippen molar-refractivity contribution in [2.75, 3.05) is 11.9 Å². The fraction of sp³-hybridized carbons (Fsp3) is 0.417. The Hall–Kier alpha value is -1.89. The van der Waals surface area contributed by atoms with Crippen LogP contribution in [-0.4, -0.2) is 28.3 Å². The zero-order chi connectivity index (χ0) is 14.5. The summed E-state index contributed by atoms with van der Waals surface area (Å²) >= 11 is 4.72. The van der Waals surface area contributed by atoms with Crippen LogP contribution in [0.15, 0.2) is 18.3 Å². The minimum Gasteiger partial charge on any atom is -0.478 e. The van der Waals surface area contributed by atoms with Gasteiger partial charge in [-0.2, -0.15) is 0 Å². The van der Waals surface area contributed by atoms with Gasteiger partial charge in [0.2, 0.25) is 0 Å². The lowest BCUT2D eigenvalue weighted by Crippen LogP contribution is -2.27. The SMILES string of the molecule is CC(C)(C)OC(=O)COc1cccnc1NC(N)=S. The van der Waals surface area contributed by atoms with E-state index in [0.29, 0.717) is 11.6 Å². The number of pyridine rings is 1. The molecule has 0 spiro atoms. The Morgan fingerprint density at radius 2 is 2.21 bits per heavy atom. The number of nitrogens with two attached hydrogens (primary N) is 1. The summed E-state index contributed by atoms with van der Waals surface area (Å²) in [5.41, 5.74) is 4.82. The van der Waals surface area contributed by atoms with E-state index in [9.17, 15) is 4.79 Å². The summed E-state index contributed by atoms with van der Waals surface area (Å²) in [6, 6.07) is 3.33. The van der Waals surface area contributed by atoms with Crippen molar-refractivity contribution in [3.63, 3.8) is 0 Å². The number of hydrogen-bond acceptors (Lipinski definition) is 5. The van der Waals surface area contributed by atoms with Crippen LogP contribution in [0.2, 0.25) is 0 Å². The number of esters is 1. The van der Waals surface area contributed by atoms with E-state index >= 15 is 0 Å². The van der Waals surface area contributed by atoms with Crippen molar-refractivity contribution in [1.29, 1.82) is 0 Å². The van der Waals surface area contributed by atoms with Gasteiger partial charge in [-0.25, -0.2) is 9.78 Å². The molecule has 6 nitrogen and oxygen atoms in total. The Balaban J connectivity index is 2.62. The Morgan fingerprint density at radius 1 is 1.53 bits per heavy atom. The fourth-order valence-corrected chi connectivity index (χ4v) is 1.32. The van der Waals surface area contributed by atoms with Gasteiger partial charge in [0.25, 0.3) is 0 Å². The first-order valence-electron chi connectivity index (χ1n) is 5.64. The van der Waals surface area contributed by atoms with Crippen molar-refractivity contribution in [1.82, 2.24) is 4.98 Å². The van der Waals surface area contributed by atoms with Gasteiger partial charge < -0.3 is 20.5 Å². The van der Waals surface area contributed by atoms with Gasteiger partial charge in [0.1, 0.15) is 5.60 Å². The Kier molecular flexibility index (Phi) is 5.05. The molecule has 1 aromatic rings. The van der Waals surface area contributed by atoms with E-state index in [1.807, 2.05) is 0 Å². The molecule has 1 aromatic heterocycles. The summed E-state index contributed by atoms with van der Waals surface area (Å²) in [5, 5.41) is 2.74. The summed E-state index contributed by atoms with van der Waals surface area (Å²) in [5.74, 6) is 0.275. The van der Waals surface area contributed by atoms with Crippen LogP contribution in [-0.2, 0) is 9.53 Å². The maximum atomic E-state index is 11.5. The third-order valence-electron chi connectivity index (χ3n) is 1.78. The van der Waals surface area contributed by atoms with Crippen LogP contribution in [0, 0.1) is 0 Å². The average Bonchev–Trinajstić information content (AvgIpc) is 2.24. The Bertz CT molecular complexity index is 472. The van der Waals surface area contributed by atoms with E-state index < -0.39 is 11.6 Å². The molecule has 0 amide bonds. The van der Waals surface area contributed by atoms with E-state index in [-0.39, 0.29) is 11.7 Å². The highest BCUT2D eigenvalue weighted by Crippen LogP contribution is 2.20. The van der Waals surface area contributed by atoms with E-state index in [1.165, 1.54) is 0 Å². The molecule has 1 heterocycles. The molecular weight excluding hydrogens is 266 g/mol. The van der Waals surface area contributed by atoms with Crippen molar-refractivity contribution in [3.8, 4) is 5.75 Å². The maximum Gasteiger partial charge on any atom is 0.344 e. The third kappa shape index (κ3) is 6.01. The molecule has 0 bridgehead atoms. The smallest absolute Gasteiger partial charge is 0.344 e. The molecule has 0 aromatic carbocycles. The molecule has 0 aliphatic heterocycles. The largest absolute Gasteiger partial charge is 0.478 e. The van der Waals surface area contributed by atoms with Gasteiger partial charge in [-0.1, -0.05) is 0 Å². The number of anilines is 1. The Morgan fingerprint density at radius 3 is 2.79 bits per heavy atom. The first-order chi connectivity index (χ1) is 8.78. The number of hydrogen-bond donors (Lipinski definition) is 2. The molecule has 0 atom stereocenters. The summed E-state index contributed by atoms with van der Waals surface area (Å²) < 4.78 is 10.5. The molecular formula is C12H17N3O3S. The minimum atomic E-state index is -0.546. The van der Waals surface area contributed by atoms with E-state index in [1.54, 1.807) is 39.1 Å². The summed E-state index contributed by atoms with van der Waals surface area (Å²) in [6.07, 6.45) is 1.56. The molecule has 0 aliphatic rings. The van der Waals surface area contributed by atoms with Crippen LogP contribution in [0.1, 0.15) is 20.8 Å². The lowest BCUT2D eigenvalue weighted by Gasteiger charge is -2.19. The standard InChI is InChI=1S/C12H17N3O3S/c1-12(2,3)18-9(16)7-17-8-5-4-6-14-10(8)15-11(13)19/h4-6H,7H2,1-3H3,(H3,13,14,15,19). The molecule has 3 N–H and O–H groups in total. The van der Waals surface area contributed by atoms with Crippen LogP contribution >= 0.6 is 12.2 Å². The summed E-state index contributed by atoms with van der Waals surface area (Å²) in [4.78, 5) is 15.5. The zero-order valence-electron chi connectivity index (χ0n) is 11.1. The lowest BCUT2D eigenvalue weighted by molar-refractivity contribution is -0.157. The van der Waals surface area contributed by atoms with Gasteiger partial charge in [0.15, 0.2) is 23.3 Å². The molecule has 1 rings (SSSR count). The van der Waals surface area contributed by atoms with Gasteiger partial charge in [-0.05, 0) is 45.1 Å². The molecule has 0 saturated heterocycles. The zero-order valence-corrected chi connectivity index (χ0v) is 11.9. The number of rotatable bonds is 4. The van der Waals surface area contributed by atoms with E-state index in [4.69, 9.17) is 27.4 Å². The quantitative estimate of drug-likeness (QED) is 0.639. The van der Waals surface area contributed by atoms with Gasteiger partial charge in [0, 0.05) is 6.20 Å². The number of nitrogens with one attached hydrogen (secondary N) is 1. The maximum absolute atomic E-state index is 11.5. The molecule has 0 unspecified atom stereocenters. The molecule has 0 radical (unpaired) electrons. The molecule has 0 saturated carbocycles. The number of nitrogens with zero attached hydrogens (tertiary/aromatic N) is 1. The molecule has 7 heteroatoms. The average molecular weight is 283 g/mol. The van der Waals surface area contributed by atoms with Crippen molar-refractivity contribution < 1.29 is 14.3 Å². The van der Waals surface area contributed by atoms with E-state index in [0.717, 1.165) is 0 Å². The summed E-state index contributed by atoms with van der Waals surface area (Å²) in [7, 11) is 0. The van der Waals surface area contributed by atoms with Crippen molar-refractivity contribution in [2.45, 2.75) is 26.4 Å². The summed E-state index contributed by atoms with van der Waals surface area (Å²) in [6.45, 7) is 5.15. The van der Waals surface area contributed by atoms with Crippen LogP contribution in [0.25, 0.3) is 0 Å². The monoisotopic (exact) mass is 283 g/mol. The molecule has 104 valence electrons. The highest BCUT2D eigenvalue weighted by molar-refractivity contribution is 7.80. The number of carbonyl (C=O) groups is 1. The van der Waals surface area contributed by atoms with Crippen molar-refractivity contribution >= 4 is 29.1 Å².